The Bertz CT molecular complexity index is 1140. The Kier molecular flexibility index (Phi) is 7.56. The first-order valence-electron chi connectivity index (χ1n) is 9.19. The molecule has 0 bridgehead atoms. The molecule has 2 aromatic rings. The fourth-order valence-electron chi connectivity index (χ4n) is 2.82. The van der Waals surface area contributed by atoms with Crippen molar-refractivity contribution in [2.24, 2.45) is 0 Å². The average molecular weight is 480 g/mol. The molecular weight excluding hydrogens is 459 g/mol. The number of carbonyl (C=O) groups excluding carboxylic acids is 1. The van der Waals surface area contributed by atoms with Crippen LogP contribution in [0.2, 0.25) is 5.02 Å². The molecule has 0 saturated heterocycles. The third kappa shape index (κ3) is 5.66. The predicted octanol–water partition coefficient (Wildman–Crippen LogP) is 3.50. The Labute approximate surface area is 182 Å². The maximum Gasteiger partial charge on any atom is 0.417 e. The molecule has 0 unspecified atom stereocenters. The molecule has 1 heterocycles. The van der Waals surface area contributed by atoms with E-state index in [1.807, 2.05) is 0 Å². The first kappa shape index (κ1) is 24.9. The largest absolute Gasteiger partial charge is 0.417 e. The SMILES string of the molecule is CCN(CC)S(=O)(=O)c1ccc(C)c(NC(=O)Cn2cc(C(F)(F)F)cc(Cl)c2=O)c1. The maximum atomic E-state index is 13.0. The van der Waals surface area contributed by atoms with Gasteiger partial charge in [0.05, 0.1) is 10.5 Å². The second kappa shape index (κ2) is 9.41. The number of pyridine rings is 1. The number of hydrogen-bond acceptors (Lipinski definition) is 4. The van der Waals surface area contributed by atoms with E-state index in [9.17, 15) is 31.2 Å². The van der Waals surface area contributed by atoms with Gasteiger partial charge in [-0.3, -0.25) is 9.59 Å². The van der Waals surface area contributed by atoms with Crippen LogP contribution >= 0.6 is 11.6 Å². The van der Waals surface area contributed by atoms with Crippen molar-refractivity contribution in [3.8, 4) is 0 Å². The number of benzene rings is 1. The topological polar surface area (TPSA) is 88.5 Å². The number of nitrogens with one attached hydrogen (secondary N) is 1. The summed E-state index contributed by atoms with van der Waals surface area (Å²) in [7, 11) is -3.79. The first-order chi connectivity index (χ1) is 14.3. The fourth-order valence-corrected chi connectivity index (χ4v) is 4.54. The van der Waals surface area contributed by atoms with Crippen molar-refractivity contribution in [3.05, 3.63) is 57.0 Å². The zero-order valence-electron chi connectivity index (χ0n) is 17.0. The second-order valence-corrected chi connectivity index (χ2v) is 8.97. The van der Waals surface area contributed by atoms with E-state index >= 15 is 0 Å². The van der Waals surface area contributed by atoms with Gasteiger partial charge in [-0.1, -0.05) is 31.5 Å². The number of amides is 1. The third-order valence-electron chi connectivity index (χ3n) is 4.51. The molecule has 0 fully saturated rings. The van der Waals surface area contributed by atoms with E-state index in [1.54, 1.807) is 20.8 Å². The van der Waals surface area contributed by atoms with Crippen LogP contribution in [0.5, 0.6) is 0 Å². The summed E-state index contributed by atoms with van der Waals surface area (Å²) in [6.07, 6.45) is -4.25. The Hall–Kier alpha value is -2.37. The molecule has 2 rings (SSSR count). The summed E-state index contributed by atoms with van der Waals surface area (Å²) < 4.78 is 66.1. The van der Waals surface area contributed by atoms with Gasteiger partial charge in [0.2, 0.25) is 15.9 Å². The van der Waals surface area contributed by atoms with Crippen LogP contribution in [0.4, 0.5) is 18.9 Å². The van der Waals surface area contributed by atoms with E-state index < -0.39 is 44.8 Å². The molecule has 7 nitrogen and oxygen atoms in total. The quantitative estimate of drug-likeness (QED) is 0.658. The number of alkyl halides is 3. The molecule has 0 saturated carbocycles. The number of nitrogens with zero attached hydrogens (tertiary/aromatic N) is 2. The molecule has 12 heteroatoms. The van der Waals surface area contributed by atoms with Gasteiger partial charge in [0.1, 0.15) is 11.6 Å². The number of sulfonamides is 1. The van der Waals surface area contributed by atoms with Gasteiger partial charge in [-0.25, -0.2) is 8.42 Å². The van der Waals surface area contributed by atoms with E-state index in [1.165, 1.54) is 22.5 Å². The van der Waals surface area contributed by atoms with Crippen molar-refractivity contribution >= 4 is 33.2 Å². The molecule has 0 radical (unpaired) electrons. The standard InChI is InChI=1S/C19H21ClF3N3O4S/c1-4-26(5-2)31(29,30)14-7-6-12(3)16(9-14)24-17(27)11-25-10-13(19(21,22)23)8-15(20)18(25)28/h6-10H,4-5,11H2,1-3H3,(H,24,27). The molecule has 31 heavy (non-hydrogen) atoms. The molecule has 1 aromatic heterocycles. The van der Waals surface area contributed by atoms with E-state index in [0.29, 0.717) is 22.4 Å². The number of aryl methyl sites for hydroxylation is 1. The van der Waals surface area contributed by atoms with Crippen molar-refractivity contribution in [2.45, 2.75) is 38.4 Å². The Morgan fingerprint density at radius 3 is 2.35 bits per heavy atom. The molecule has 1 N–H and O–H groups in total. The number of anilines is 1. The van der Waals surface area contributed by atoms with Crippen LogP contribution in [0.3, 0.4) is 0 Å². The van der Waals surface area contributed by atoms with Crippen LogP contribution in [0.1, 0.15) is 25.0 Å². The van der Waals surface area contributed by atoms with Crippen molar-refractivity contribution in [3.63, 3.8) is 0 Å². The van der Waals surface area contributed by atoms with Gasteiger partial charge in [0.25, 0.3) is 5.56 Å². The number of halogens is 4. The lowest BCUT2D eigenvalue weighted by molar-refractivity contribution is -0.138. The van der Waals surface area contributed by atoms with Gasteiger partial charge < -0.3 is 9.88 Å². The van der Waals surface area contributed by atoms with Crippen molar-refractivity contribution in [2.75, 3.05) is 18.4 Å². The number of hydrogen-bond donors (Lipinski definition) is 1. The molecule has 0 aliphatic rings. The number of aromatic nitrogens is 1. The minimum absolute atomic E-state index is 0.0450. The number of carbonyl (C=O) groups is 1. The summed E-state index contributed by atoms with van der Waals surface area (Å²) in [4.78, 5) is 24.4. The van der Waals surface area contributed by atoms with E-state index in [4.69, 9.17) is 11.6 Å². The summed E-state index contributed by atoms with van der Waals surface area (Å²) in [5.41, 5.74) is -1.45. The molecule has 1 aromatic carbocycles. The average Bonchev–Trinajstić information content (AvgIpc) is 2.66. The van der Waals surface area contributed by atoms with Crippen LogP contribution in [0, 0.1) is 6.92 Å². The molecule has 0 atom stereocenters. The van der Waals surface area contributed by atoms with E-state index in [2.05, 4.69) is 5.32 Å². The summed E-state index contributed by atoms with van der Waals surface area (Å²) in [5.74, 6) is -0.821. The lowest BCUT2D eigenvalue weighted by atomic mass is 10.2. The van der Waals surface area contributed by atoms with Gasteiger partial charge in [-0.2, -0.15) is 17.5 Å². The zero-order valence-corrected chi connectivity index (χ0v) is 18.5. The highest BCUT2D eigenvalue weighted by Crippen LogP contribution is 2.29. The zero-order chi connectivity index (χ0) is 23.6. The molecule has 0 spiro atoms. The summed E-state index contributed by atoms with van der Waals surface area (Å²) >= 11 is 5.59. The minimum Gasteiger partial charge on any atom is -0.324 e. The summed E-state index contributed by atoms with van der Waals surface area (Å²) in [6.45, 7) is 4.78. The van der Waals surface area contributed by atoms with Gasteiger partial charge >= 0.3 is 6.18 Å². The molecular formula is C19H21ClF3N3O4S. The maximum absolute atomic E-state index is 13.0. The Balaban J connectivity index is 2.34. The van der Waals surface area contributed by atoms with Crippen LogP contribution < -0.4 is 10.9 Å². The first-order valence-corrected chi connectivity index (χ1v) is 11.0. The van der Waals surface area contributed by atoms with E-state index in [0.717, 1.165) is 0 Å². The predicted molar refractivity (Wildman–Crippen MR) is 111 cm³/mol. The highest BCUT2D eigenvalue weighted by molar-refractivity contribution is 7.89. The van der Waals surface area contributed by atoms with E-state index in [-0.39, 0.29) is 23.7 Å². The van der Waals surface area contributed by atoms with Crippen molar-refractivity contribution < 1.29 is 26.4 Å². The van der Waals surface area contributed by atoms with Crippen molar-refractivity contribution in [1.82, 2.24) is 8.87 Å². The van der Waals surface area contributed by atoms with Crippen LogP contribution in [-0.2, 0) is 27.5 Å². The van der Waals surface area contributed by atoms with Gasteiger partial charge in [0.15, 0.2) is 0 Å². The van der Waals surface area contributed by atoms with Crippen molar-refractivity contribution in [1.29, 1.82) is 0 Å². The summed E-state index contributed by atoms with van der Waals surface area (Å²) in [5, 5.41) is 1.77. The fraction of sp³-hybridized carbons (Fsp3) is 0.368. The van der Waals surface area contributed by atoms with Gasteiger partial charge in [-0.05, 0) is 30.7 Å². The smallest absolute Gasteiger partial charge is 0.324 e. The molecule has 0 aliphatic carbocycles. The monoisotopic (exact) mass is 479 g/mol. The highest BCUT2D eigenvalue weighted by Gasteiger charge is 2.32. The van der Waals surface area contributed by atoms with Crippen LogP contribution in [0.15, 0.2) is 40.2 Å². The summed E-state index contributed by atoms with van der Waals surface area (Å²) in [6, 6.07) is 4.65. The Morgan fingerprint density at radius 2 is 1.81 bits per heavy atom. The third-order valence-corrected chi connectivity index (χ3v) is 6.83. The Morgan fingerprint density at radius 1 is 1.19 bits per heavy atom. The lowest BCUT2D eigenvalue weighted by Crippen LogP contribution is -2.31. The normalized spacial score (nSPS) is 12.3. The molecule has 170 valence electrons. The minimum atomic E-state index is -4.75. The van der Waals surface area contributed by atoms with Gasteiger partial charge in [0, 0.05) is 25.0 Å². The second-order valence-electron chi connectivity index (χ2n) is 6.62. The lowest BCUT2D eigenvalue weighted by Gasteiger charge is -2.19. The van der Waals surface area contributed by atoms with Crippen LogP contribution in [0.25, 0.3) is 0 Å². The van der Waals surface area contributed by atoms with Gasteiger partial charge in [-0.15, -0.1) is 0 Å². The molecule has 1 amide bonds. The number of rotatable bonds is 7. The van der Waals surface area contributed by atoms with Crippen LogP contribution in [-0.4, -0.2) is 36.3 Å². The molecule has 0 aliphatic heterocycles. The highest BCUT2D eigenvalue weighted by atomic mass is 35.5.